The van der Waals surface area contributed by atoms with Crippen molar-refractivity contribution in [2.45, 2.75) is 65.6 Å². The van der Waals surface area contributed by atoms with E-state index in [9.17, 15) is 19.2 Å². The van der Waals surface area contributed by atoms with Gasteiger partial charge < -0.3 is 29.6 Å². The minimum Gasteiger partial charge on any atom is -0.458 e. The summed E-state index contributed by atoms with van der Waals surface area (Å²) < 4.78 is 20.5. The number of nitrogens with one attached hydrogen (secondary N) is 2. The van der Waals surface area contributed by atoms with Crippen molar-refractivity contribution in [3.05, 3.63) is 24.3 Å². The van der Waals surface area contributed by atoms with E-state index in [4.69, 9.17) is 18.9 Å². The molecule has 6 atom stereocenters. The summed E-state index contributed by atoms with van der Waals surface area (Å²) in [5, 5.41) is 5.63. The van der Waals surface area contributed by atoms with Crippen LogP contribution in [0.25, 0.3) is 0 Å². The van der Waals surface area contributed by atoms with Gasteiger partial charge in [-0.1, -0.05) is 13.2 Å². The van der Waals surface area contributed by atoms with E-state index in [0.717, 1.165) is 25.7 Å². The fourth-order valence-corrected chi connectivity index (χ4v) is 5.01. The van der Waals surface area contributed by atoms with Gasteiger partial charge in [-0.2, -0.15) is 0 Å². The number of alkyl carbamates (subject to hydrolysis) is 2. The Labute approximate surface area is 213 Å². The number of esters is 2. The van der Waals surface area contributed by atoms with Crippen molar-refractivity contribution >= 4 is 24.1 Å². The second kappa shape index (κ2) is 13.9. The zero-order valence-electron chi connectivity index (χ0n) is 21.8. The van der Waals surface area contributed by atoms with Crippen molar-refractivity contribution in [1.29, 1.82) is 0 Å². The minimum absolute atomic E-state index is 0.0246. The van der Waals surface area contributed by atoms with Crippen molar-refractivity contribution in [2.24, 2.45) is 23.7 Å². The number of hydrogen-bond acceptors (Lipinski definition) is 8. The van der Waals surface area contributed by atoms with E-state index >= 15 is 0 Å². The number of ether oxygens (including phenoxy) is 4. The van der Waals surface area contributed by atoms with Gasteiger partial charge in [0.25, 0.3) is 0 Å². The maximum Gasteiger partial charge on any atom is 0.407 e. The van der Waals surface area contributed by atoms with Crippen molar-refractivity contribution < 1.29 is 38.1 Å². The average Bonchev–Trinajstić information content (AvgIpc) is 3.36. The van der Waals surface area contributed by atoms with Crippen LogP contribution < -0.4 is 10.6 Å². The van der Waals surface area contributed by atoms with Gasteiger partial charge in [-0.25, -0.2) is 19.2 Å². The van der Waals surface area contributed by atoms with Gasteiger partial charge in [0.05, 0.1) is 0 Å². The molecule has 0 aromatic carbocycles. The van der Waals surface area contributed by atoms with Crippen LogP contribution in [0.4, 0.5) is 9.59 Å². The van der Waals surface area contributed by atoms with Crippen LogP contribution in [0, 0.1) is 23.7 Å². The molecule has 2 amide bonds. The molecule has 2 bridgehead atoms. The summed E-state index contributed by atoms with van der Waals surface area (Å²) >= 11 is 0. The lowest BCUT2D eigenvalue weighted by atomic mass is 9.87. The maximum atomic E-state index is 12.1. The Morgan fingerprint density at radius 1 is 0.861 bits per heavy atom. The van der Waals surface area contributed by atoms with Crippen molar-refractivity contribution in [3.8, 4) is 0 Å². The van der Waals surface area contributed by atoms with Crippen molar-refractivity contribution in [3.63, 3.8) is 0 Å². The van der Waals surface area contributed by atoms with Crippen LogP contribution in [0.1, 0.15) is 53.4 Å². The number of hydrogen-bond donors (Lipinski definition) is 2. The molecule has 0 aliphatic heterocycles. The monoisotopic (exact) mass is 508 g/mol. The largest absolute Gasteiger partial charge is 0.458 e. The third-order valence-corrected chi connectivity index (χ3v) is 6.70. The number of carbonyl (C=O) groups excluding carboxylic acids is 4. The highest BCUT2D eigenvalue weighted by Crippen LogP contribution is 2.53. The summed E-state index contributed by atoms with van der Waals surface area (Å²) in [6.07, 6.45) is 1.96. The number of fused-ring (bicyclic) bond motifs is 2. The SMILES string of the molecule is C=C(C)C(=O)OCC(C)OC(=O)NCCC1C2CCC1C(CNC(=O)OC(C)COC(=O)C(=C)C)C2. The van der Waals surface area contributed by atoms with Gasteiger partial charge in [-0.05, 0) is 77.0 Å². The third kappa shape index (κ3) is 9.20. The summed E-state index contributed by atoms with van der Waals surface area (Å²) in [5.74, 6) is 0.897. The second-order valence-electron chi connectivity index (χ2n) is 9.95. The fraction of sp³-hybridized carbons (Fsp3) is 0.692. The molecule has 36 heavy (non-hydrogen) atoms. The summed E-state index contributed by atoms with van der Waals surface area (Å²) in [7, 11) is 0. The minimum atomic E-state index is -0.563. The lowest BCUT2D eigenvalue weighted by molar-refractivity contribution is -0.142. The number of amides is 2. The van der Waals surface area contributed by atoms with Crippen molar-refractivity contribution in [1.82, 2.24) is 10.6 Å². The molecule has 0 spiro atoms. The van der Waals surface area contributed by atoms with Crippen LogP contribution in [-0.2, 0) is 28.5 Å². The molecule has 2 saturated carbocycles. The molecular formula is C26H40N2O8. The van der Waals surface area contributed by atoms with Gasteiger partial charge in [0, 0.05) is 24.2 Å². The number of rotatable bonds is 13. The highest BCUT2D eigenvalue weighted by molar-refractivity contribution is 5.87. The first kappa shape index (κ1) is 29.2. The van der Waals surface area contributed by atoms with Gasteiger partial charge in [-0.15, -0.1) is 0 Å². The van der Waals surface area contributed by atoms with Crippen LogP contribution in [0.3, 0.4) is 0 Å². The molecule has 10 nitrogen and oxygen atoms in total. The highest BCUT2D eigenvalue weighted by atomic mass is 16.6. The van der Waals surface area contributed by atoms with Gasteiger partial charge >= 0.3 is 24.1 Å². The standard InChI is InChI=1S/C26H40N2O8/c1-15(2)23(29)33-13-17(5)35-25(31)27-10-9-22-19-7-8-21(22)20(11-19)12-28-26(32)36-18(6)14-34-24(30)16(3)4/h17-22H,1,3,7-14H2,2,4-6H3,(H,27,31)(H,28,32). The van der Waals surface area contributed by atoms with E-state index in [1.165, 1.54) is 0 Å². The molecule has 0 saturated heterocycles. The van der Waals surface area contributed by atoms with Crippen LogP contribution in [0.2, 0.25) is 0 Å². The first-order valence-corrected chi connectivity index (χ1v) is 12.5. The Morgan fingerprint density at radius 2 is 1.39 bits per heavy atom. The highest BCUT2D eigenvalue weighted by Gasteiger charge is 2.47. The third-order valence-electron chi connectivity index (χ3n) is 6.70. The summed E-state index contributed by atoms with van der Waals surface area (Å²) in [5.41, 5.74) is 0.583. The smallest absolute Gasteiger partial charge is 0.407 e. The Balaban J connectivity index is 1.64. The number of carbonyl (C=O) groups is 4. The van der Waals surface area contributed by atoms with Crippen LogP contribution >= 0.6 is 0 Å². The molecule has 2 aliphatic carbocycles. The van der Waals surface area contributed by atoms with E-state index in [1.54, 1.807) is 27.7 Å². The van der Waals surface area contributed by atoms with E-state index in [0.29, 0.717) is 47.9 Å². The first-order chi connectivity index (χ1) is 17.0. The molecule has 2 fully saturated rings. The predicted octanol–water partition coefficient (Wildman–Crippen LogP) is 3.51. The molecular weight excluding hydrogens is 468 g/mol. The molecule has 6 unspecified atom stereocenters. The summed E-state index contributed by atoms with van der Waals surface area (Å²) in [6.45, 7) is 14.4. The predicted molar refractivity (Wildman–Crippen MR) is 132 cm³/mol. The Kier molecular flexibility index (Phi) is 11.3. The summed E-state index contributed by atoms with van der Waals surface area (Å²) in [6, 6.07) is 0. The first-order valence-electron chi connectivity index (χ1n) is 12.5. The summed E-state index contributed by atoms with van der Waals surface area (Å²) in [4.78, 5) is 47.0. The van der Waals surface area contributed by atoms with Crippen LogP contribution in [0.15, 0.2) is 24.3 Å². The fourth-order valence-electron chi connectivity index (χ4n) is 5.01. The molecule has 0 heterocycles. The average molecular weight is 509 g/mol. The quantitative estimate of drug-likeness (QED) is 0.220. The van der Waals surface area contributed by atoms with E-state index < -0.39 is 36.3 Å². The molecule has 0 aromatic rings. The van der Waals surface area contributed by atoms with Crippen molar-refractivity contribution in [2.75, 3.05) is 26.3 Å². The molecule has 2 N–H and O–H groups in total. The van der Waals surface area contributed by atoms with E-state index in [2.05, 4.69) is 23.8 Å². The molecule has 2 aliphatic rings. The van der Waals surface area contributed by atoms with E-state index in [-0.39, 0.29) is 13.2 Å². The zero-order valence-corrected chi connectivity index (χ0v) is 21.8. The molecule has 2 rings (SSSR count). The van der Waals surface area contributed by atoms with Gasteiger partial charge in [0.1, 0.15) is 25.4 Å². The zero-order chi connectivity index (χ0) is 26.8. The maximum absolute atomic E-state index is 12.1. The van der Waals surface area contributed by atoms with Gasteiger partial charge in [0.15, 0.2) is 0 Å². The van der Waals surface area contributed by atoms with Crippen LogP contribution in [-0.4, -0.2) is 62.6 Å². The van der Waals surface area contributed by atoms with Gasteiger partial charge in [0.2, 0.25) is 0 Å². The molecule has 0 aromatic heterocycles. The van der Waals surface area contributed by atoms with Crippen LogP contribution in [0.5, 0.6) is 0 Å². The Bertz CT molecular complexity index is 842. The molecule has 0 radical (unpaired) electrons. The normalized spacial score (nSPS) is 23.7. The topological polar surface area (TPSA) is 129 Å². The van der Waals surface area contributed by atoms with Gasteiger partial charge in [-0.3, -0.25) is 0 Å². The second-order valence-corrected chi connectivity index (χ2v) is 9.95. The lowest BCUT2D eigenvalue weighted by Gasteiger charge is -2.23. The van der Waals surface area contributed by atoms with E-state index in [1.807, 2.05) is 0 Å². The Morgan fingerprint density at radius 3 is 1.92 bits per heavy atom. The lowest BCUT2D eigenvalue weighted by Crippen LogP contribution is -2.35. The molecule has 202 valence electrons. The Hall–Kier alpha value is -3.04. The molecule has 10 heteroatoms.